The van der Waals surface area contributed by atoms with E-state index in [1.165, 1.54) is 5.56 Å². The summed E-state index contributed by atoms with van der Waals surface area (Å²) in [6.45, 7) is 11.2. The summed E-state index contributed by atoms with van der Waals surface area (Å²) >= 11 is 0. The van der Waals surface area contributed by atoms with Gasteiger partial charge < -0.3 is 19.5 Å². The second kappa shape index (κ2) is 10.6. The molecule has 2 aromatic rings. The van der Waals surface area contributed by atoms with Gasteiger partial charge in [0.05, 0.1) is 25.9 Å². The Labute approximate surface area is 168 Å². The number of carbonyl (C=O) groups excluding carboxylic acids is 1. The zero-order chi connectivity index (χ0) is 20.5. The lowest BCUT2D eigenvalue weighted by atomic mass is 10.0. The molecule has 152 valence electrons. The van der Waals surface area contributed by atoms with Crippen molar-refractivity contribution in [3.63, 3.8) is 0 Å². The molecule has 0 aliphatic carbocycles. The van der Waals surface area contributed by atoms with Crippen molar-refractivity contribution in [2.75, 3.05) is 19.8 Å². The Morgan fingerprint density at radius 2 is 1.43 bits per heavy atom. The fourth-order valence-electron chi connectivity index (χ4n) is 2.93. The molecule has 0 fully saturated rings. The van der Waals surface area contributed by atoms with E-state index < -0.39 is 0 Å². The van der Waals surface area contributed by atoms with Gasteiger partial charge in [-0.05, 0) is 57.4 Å². The molecule has 0 bridgehead atoms. The number of nitrogens with one attached hydrogen (secondary N) is 1. The summed E-state index contributed by atoms with van der Waals surface area (Å²) in [5.74, 6) is 1.38. The Hall–Kier alpha value is -2.69. The normalized spacial score (nSPS) is 11.6. The number of amides is 1. The minimum Gasteiger partial charge on any atom is -0.490 e. The molecule has 2 rings (SSSR count). The number of carbonyl (C=O) groups is 1. The van der Waals surface area contributed by atoms with Gasteiger partial charge in [-0.1, -0.05) is 31.2 Å². The molecule has 0 aliphatic heterocycles. The highest BCUT2D eigenvalue weighted by Crippen LogP contribution is 2.39. The molecule has 28 heavy (non-hydrogen) atoms. The molecule has 0 saturated heterocycles. The summed E-state index contributed by atoms with van der Waals surface area (Å²) in [5, 5.41) is 3.05. The van der Waals surface area contributed by atoms with Crippen LogP contribution < -0.4 is 19.5 Å². The van der Waals surface area contributed by atoms with Gasteiger partial charge in [0.2, 0.25) is 5.75 Å². The summed E-state index contributed by atoms with van der Waals surface area (Å²) in [4.78, 5) is 12.9. The predicted molar refractivity (Wildman–Crippen MR) is 112 cm³/mol. The Kier molecular flexibility index (Phi) is 8.18. The first kappa shape index (κ1) is 21.6. The minimum atomic E-state index is -0.183. The molecule has 1 amide bonds. The topological polar surface area (TPSA) is 56.8 Å². The van der Waals surface area contributed by atoms with Crippen LogP contribution in [0.2, 0.25) is 0 Å². The maximum atomic E-state index is 12.9. The molecule has 0 aromatic heterocycles. The maximum absolute atomic E-state index is 12.9. The molecule has 0 radical (unpaired) electrons. The Morgan fingerprint density at radius 1 is 0.893 bits per heavy atom. The molecule has 5 nitrogen and oxygen atoms in total. The van der Waals surface area contributed by atoms with Crippen LogP contribution in [0.1, 0.15) is 62.1 Å². The molecule has 1 N–H and O–H groups in total. The van der Waals surface area contributed by atoms with E-state index in [0.717, 1.165) is 12.0 Å². The number of hydrogen-bond acceptors (Lipinski definition) is 4. The van der Waals surface area contributed by atoms with Crippen molar-refractivity contribution in [3.05, 3.63) is 53.1 Å². The van der Waals surface area contributed by atoms with Crippen molar-refractivity contribution in [2.45, 2.75) is 47.1 Å². The lowest BCUT2D eigenvalue weighted by Crippen LogP contribution is -2.26. The molecule has 2 aromatic carbocycles. The fraction of sp³-hybridized carbons (Fsp3) is 0.435. The first-order valence-electron chi connectivity index (χ1n) is 10.00. The summed E-state index contributed by atoms with van der Waals surface area (Å²) in [7, 11) is 0. The van der Waals surface area contributed by atoms with Crippen molar-refractivity contribution in [1.82, 2.24) is 5.32 Å². The summed E-state index contributed by atoms with van der Waals surface area (Å²) in [5.41, 5.74) is 2.82. The Bertz CT molecular complexity index is 744. The highest BCUT2D eigenvalue weighted by Gasteiger charge is 2.19. The molecule has 5 heteroatoms. The number of rotatable bonds is 10. The van der Waals surface area contributed by atoms with E-state index in [1.54, 1.807) is 12.1 Å². The largest absolute Gasteiger partial charge is 0.490 e. The highest BCUT2D eigenvalue weighted by molar-refractivity contribution is 5.95. The quantitative estimate of drug-likeness (QED) is 0.630. The number of ether oxygens (including phenoxy) is 3. The zero-order valence-electron chi connectivity index (χ0n) is 17.5. The van der Waals surface area contributed by atoms with E-state index in [2.05, 4.69) is 36.5 Å². The Morgan fingerprint density at radius 3 is 1.89 bits per heavy atom. The lowest BCUT2D eigenvalue weighted by Gasteiger charge is -2.19. The number of hydrogen-bond donors (Lipinski definition) is 1. The predicted octanol–water partition coefficient (Wildman–Crippen LogP) is 4.94. The van der Waals surface area contributed by atoms with Gasteiger partial charge in [0, 0.05) is 5.56 Å². The van der Waals surface area contributed by atoms with E-state index in [9.17, 15) is 4.79 Å². The van der Waals surface area contributed by atoms with Gasteiger partial charge >= 0.3 is 0 Å². The van der Waals surface area contributed by atoms with Gasteiger partial charge in [0.1, 0.15) is 0 Å². The monoisotopic (exact) mass is 385 g/mol. The van der Waals surface area contributed by atoms with Crippen LogP contribution >= 0.6 is 0 Å². The van der Waals surface area contributed by atoms with Crippen LogP contribution in [0.15, 0.2) is 36.4 Å². The van der Waals surface area contributed by atoms with E-state index in [-0.39, 0.29) is 11.9 Å². The Balaban J connectivity index is 2.27. The first-order chi connectivity index (χ1) is 13.5. The van der Waals surface area contributed by atoms with Crippen molar-refractivity contribution >= 4 is 5.91 Å². The molecular formula is C23H31NO4. The lowest BCUT2D eigenvalue weighted by molar-refractivity contribution is 0.0938. The van der Waals surface area contributed by atoms with E-state index in [0.29, 0.717) is 42.6 Å². The molecule has 0 aliphatic rings. The first-order valence-corrected chi connectivity index (χ1v) is 10.00. The fourth-order valence-corrected chi connectivity index (χ4v) is 2.93. The van der Waals surface area contributed by atoms with Crippen LogP contribution in [-0.2, 0) is 6.42 Å². The van der Waals surface area contributed by atoms with E-state index in [4.69, 9.17) is 14.2 Å². The second-order valence-corrected chi connectivity index (χ2v) is 6.39. The van der Waals surface area contributed by atoms with Crippen molar-refractivity contribution in [3.8, 4) is 17.2 Å². The van der Waals surface area contributed by atoms with Gasteiger partial charge in [-0.25, -0.2) is 0 Å². The van der Waals surface area contributed by atoms with E-state index in [1.807, 2.05) is 27.7 Å². The summed E-state index contributed by atoms with van der Waals surface area (Å²) < 4.78 is 17.1. The van der Waals surface area contributed by atoms with Gasteiger partial charge in [-0.2, -0.15) is 0 Å². The summed E-state index contributed by atoms with van der Waals surface area (Å²) in [6, 6.07) is 11.6. The van der Waals surface area contributed by atoms with Gasteiger partial charge in [-0.15, -0.1) is 0 Å². The maximum Gasteiger partial charge on any atom is 0.252 e. The average molecular weight is 386 g/mol. The third-order valence-corrected chi connectivity index (χ3v) is 4.41. The van der Waals surface area contributed by atoms with Gasteiger partial charge in [0.15, 0.2) is 11.5 Å². The second-order valence-electron chi connectivity index (χ2n) is 6.39. The van der Waals surface area contributed by atoms with Crippen LogP contribution in [0.5, 0.6) is 17.2 Å². The standard InChI is InChI=1S/C23H31NO4/c1-6-17-10-12-18(13-11-17)16(5)24-23(25)19-14-20(26-7-2)22(28-9-4)21(15-19)27-8-3/h10-16H,6-9H2,1-5H3,(H,24,25)/t16-/m1/s1. The smallest absolute Gasteiger partial charge is 0.252 e. The van der Waals surface area contributed by atoms with Crippen molar-refractivity contribution < 1.29 is 19.0 Å². The highest BCUT2D eigenvalue weighted by atomic mass is 16.5. The SMILES string of the molecule is CCOc1cc(C(=O)N[C@H](C)c2ccc(CC)cc2)cc(OCC)c1OCC. The van der Waals surface area contributed by atoms with Crippen LogP contribution in [0.4, 0.5) is 0 Å². The van der Waals surface area contributed by atoms with Gasteiger partial charge in [0.25, 0.3) is 5.91 Å². The number of benzene rings is 2. The van der Waals surface area contributed by atoms with E-state index >= 15 is 0 Å². The third-order valence-electron chi connectivity index (χ3n) is 4.41. The summed E-state index contributed by atoms with van der Waals surface area (Å²) in [6.07, 6.45) is 0.994. The molecule has 1 atom stereocenters. The minimum absolute atomic E-state index is 0.115. The molecular weight excluding hydrogens is 354 g/mol. The van der Waals surface area contributed by atoms with Crippen molar-refractivity contribution in [2.24, 2.45) is 0 Å². The average Bonchev–Trinajstić information content (AvgIpc) is 2.70. The third kappa shape index (κ3) is 5.41. The zero-order valence-corrected chi connectivity index (χ0v) is 17.5. The van der Waals surface area contributed by atoms with Crippen LogP contribution in [0, 0.1) is 0 Å². The number of aryl methyl sites for hydroxylation is 1. The van der Waals surface area contributed by atoms with Gasteiger partial charge in [-0.3, -0.25) is 4.79 Å². The molecule has 0 spiro atoms. The van der Waals surface area contributed by atoms with Crippen molar-refractivity contribution in [1.29, 1.82) is 0 Å². The van der Waals surface area contributed by atoms with Crippen LogP contribution in [0.3, 0.4) is 0 Å². The van der Waals surface area contributed by atoms with Crippen LogP contribution in [0.25, 0.3) is 0 Å². The molecule has 0 unspecified atom stereocenters. The molecule has 0 heterocycles. The molecule has 0 saturated carbocycles. The van der Waals surface area contributed by atoms with Crippen LogP contribution in [-0.4, -0.2) is 25.7 Å².